The lowest BCUT2D eigenvalue weighted by atomic mass is 10.0. The molecule has 2 atom stereocenters. The predicted molar refractivity (Wildman–Crippen MR) is 63.4 cm³/mol. The number of halogens is 1. The minimum Gasteiger partial charge on any atom is -0.370 e. The number of alkyl halides is 1. The lowest BCUT2D eigenvalue weighted by Crippen LogP contribution is -2.13. The van der Waals surface area contributed by atoms with Gasteiger partial charge in [-0.05, 0) is 25.2 Å². The van der Waals surface area contributed by atoms with E-state index in [1.165, 1.54) is 12.8 Å². The Kier molecular flexibility index (Phi) is 2.75. The van der Waals surface area contributed by atoms with Gasteiger partial charge in [-0.1, -0.05) is 22.9 Å². The Bertz CT molecular complexity index is 389. The van der Waals surface area contributed by atoms with Crippen LogP contribution in [0.15, 0.2) is 0 Å². The Balaban J connectivity index is 1.96. The molecule has 1 aliphatic carbocycles. The van der Waals surface area contributed by atoms with Crippen molar-refractivity contribution in [1.82, 2.24) is 14.8 Å². The molecular weight excluding hydrogens is 270 g/mol. The molecule has 0 amide bonds. The molecule has 2 unspecified atom stereocenters. The molecule has 1 aromatic rings. The van der Waals surface area contributed by atoms with Gasteiger partial charge in [0.05, 0.1) is 5.33 Å². The highest BCUT2D eigenvalue weighted by Gasteiger charge is 2.36. The maximum absolute atomic E-state index is 5.79. The van der Waals surface area contributed by atoms with Gasteiger partial charge in [-0.15, -0.1) is 10.2 Å². The van der Waals surface area contributed by atoms with Gasteiger partial charge in [0.2, 0.25) is 0 Å². The standard InChI is InChI=1S/C11H16BrN3O/c1-7-4-5-16-10(7)11-14-13-9(6-12)15(11)8-2-3-8/h7-8,10H,2-6H2,1H3. The van der Waals surface area contributed by atoms with Crippen molar-refractivity contribution in [1.29, 1.82) is 0 Å². The van der Waals surface area contributed by atoms with Crippen molar-refractivity contribution in [3.8, 4) is 0 Å². The molecule has 2 aliphatic rings. The van der Waals surface area contributed by atoms with Crippen LogP contribution in [0.2, 0.25) is 0 Å². The number of hydrogen-bond acceptors (Lipinski definition) is 3. The highest BCUT2D eigenvalue weighted by molar-refractivity contribution is 9.08. The molecule has 3 rings (SSSR count). The SMILES string of the molecule is CC1CCOC1c1nnc(CBr)n1C1CC1. The molecule has 16 heavy (non-hydrogen) atoms. The minimum absolute atomic E-state index is 0.154. The molecule has 4 nitrogen and oxygen atoms in total. The Hall–Kier alpha value is -0.420. The summed E-state index contributed by atoms with van der Waals surface area (Å²) in [5.41, 5.74) is 0. The lowest BCUT2D eigenvalue weighted by molar-refractivity contribution is 0.0837. The number of rotatable bonds is 3. The highest BCUT2D eigenvalue weighted by Crippen LogP contribution is 2.41. The van der Waals surface area contributed by atoms with Crippen LogP contribution in [-0.4, -0.2) is 21.4 Å². The summed E-state index contributed by atoms with van der Waals surface area (Å²) in [6, 6.07) is 0.619. The largest absolute Gasteiger partial charge is 0.370 e. The number of nitrogens with zero attached hydrogens (tertiary/aromatic N) is 3. The number of hydrogen-bond donors (Lipinski definition) is 0. The summed E-state index contributed by atoms with van der Waals surface area (Å²) in [4.78, 5) is 0. The summed E-state index contributed by atoms with van der Waals surface area (Å²) in [5, 5.41) is 9.38. The molecule has 0 aromatic carbocycles. The van der Waals surface area contributed by atoms with Crippen LogP contribution in [0.3, 0.4) is 0 Å². The molecule has 1 saturated carbocycles. The van der Waals surface area contributed by atoms with E-state index in [4.69, 9.17) is 4.74 Å². The van der Waals surface area contributed by atoms with Crippen LogP contribution >= 0.6 is 15.9 Å². The zero-order valence-corrected chi connectivity index (χ0v) is 11.0. The average Bonchev–Trinajstić information content (AvgIpc) is 2.90. The third-order valence-corrected chi connectivity index (χ3v) is 3.97. The second-order valence-electron chi connectivity index (χ2n) is 4.77. The second kappa shape index (κ2) is 4.11. The summed E-state index contributed by atoms with van der Waals surface area (Å²) in [5.74, 6) is 2.65. The number of ether oxygens (including phenoxy) is 1. The topological polar surface area (TPSA) is 39.9 Å². The van der Waals surface area contributed by atoms with E-state index in [0.29, 0.717) is 12.0 Å². The van der Waals surface area contributed by atoms with E-state index >= 15 is 0 Å². The molecule has 88 valence electrons. The number of aromatic nitrogens is 3. The Morgan fingerprint density at radius 1 is 1.38 bits per heavy atom. The first-order valence-electron chi connectivity index (χ1n) is 5.92. The molecule has 2 heterocycles. The van der Waals surface area contributed by atoms with E-state index in [0.717, 1.165) is 30.0 Å². The summed E-state index contributed by atoms with van der Waals surface area (Å²) in [6.45, 7) is 3.09. The molecule has 0 bridgehead atoms. The van der Waals surface area contributed by atoms with Crippen molar-refractivity contribution in [2.75, 3.05) is 6.61 Å². The van der Waals surface area contributed by atoms with Gasteiger partial charge in [-0.3, -0.25) is 0 Å². The Labute approximate surface area is 104 Å². The summed E-state index contributed by atoms with van der Waals surface area (Å²) < 4.78 is 8.08. The van der Waals surface area contributed by atoms with Crippen LogP contribution in [0.5, 0.6) is 0 Å². The van der Waals surface area contributed by atoms with Gasteiger partial charge in [-0.25, -0.2) is 0 Å². The van der Waals surface area contributed by atoms with E-state index in [-0.39, 0.29) is 6.10 Å². The van der Waals surface area contributed by atoms with Crippen LogP contribution in [0.4, 0.5) is 0 Å². The third kappa shape index (κ3) is 1.70. The van der Waals surface area contributed by atoms with Gasteiger partial charge in [0.25, 0.3) is 0 Å². The van der Waals surface area contributed by atoms with Gasteiger partial charge >= 0.3 is 0 Å². The van der Waals surface area contributed by atoms with Crippen LogP contribution in [0.1, 0.15) is 50.0 Å². The molecule has 0 spiro atoms. The van der Waals surface area contributed by atoms with E-state index in [9.17, 15) is 0 Å². The zero-order chi connectivity index (χ0) is 11.1. The first-order chi connectivity index (χ1) is 7.81. The molecule has 2 fully saturated rings. The van der Waals surface area contributed by atoms with Crippen molar-refractivity contribution >= 4 is 15.9 Å². The van der Waals surface area contributed by atoms with E-state index < -0.39 is 0 Å². The van der Waals surface area contributed by atoms with Crippen LogP contribution in [0, 0.1) is 5.92 Å². The van der Waals surface area contributed by atoms with Crippen molar-refractivity contribution in [2.45, 2.75) is 43.7 Å². The zero-order valence-electron chi connectivity index (χ0n) is 9.40. The van der Waals surface area contributed by atoms with Crippen molar-refractivity contribution < 1.29 is 4.74 Å². The fraction of sp³-hybridized carbons (Fsp3) is 0.818. The summed E-state index contributed by atoms with van der Waals surface area (Å²) in [7, 11) is 0. The van der Waals surface area contributed by atoms with Gasteiger partial charge in [0.15, 0.2) is 5.82 Å². The molecule has 5 heteroatoms. The van der Waals surface area contributed by atoms with E-state index in [1.807, 2.05) is 0 Å². The van der Waals surface area contributed by atoms with Crippen LogP contribution in [0.25, 0.3) is 0 Å². The fourth-order valence-electron chi connectivity index (χ4n) is 2.38. The maximum Gasteiger partial charge on any atom is 0.162 e. The van der Waals surface area contributed by atoms with Gasteiger partial charge in [-0.2, -0.15) is 0 Å². The molecular formula is C11H16BrN3O. The summed E-state index contributed by atoms with van der Waals surface area (Å²) >= 11 is 3.48. The van der Waals surface area contributed by atoms with E-state index in [2.05, 4.69) is 37.6 Å². The van der Waals surface area contributed by atoms with Crippen LogP contribution < -0.4 is 0 Å². The maximum atomic E-state index is 5.79. The van der Waals surface area contributed by atoms with Gasteiger partial charge < -0.3 is 9.30 Å². The molecule has 1 aliphatic heterocycles. The van der Waals surface area contributed by atoms with Crippen molar-refractivity contribution in [3.05, 3.63) is 11.6 Å². The van der Waals surface area contributed by atoms with Crippen molar-refractivity contribution in [2.24, 2.45) is 5.92 Å². The minimum atomic E-state index is 0.154. The molecule has 0 radical (unpaired) electrons. The summed E-state index contributed by atoms with van der Waals surface area (Å²) in [6.07, 6.45) is 3.80. The van der Waals surface area contributed by atoms with E-state index in [1.54, 1.807) is 0 Å². The quantitative estimate of drug-likeness (QED) is 0.802. The van der Waals surface area contributed by atoms with Gasteiger partial charge in [0.1, 0.15) is 11.9 Å². The smallest absolute Gasteiger partial charge is 0.162 e. The monoisotopic (exact) mass is 285 g/mol. The third-order valence-electron chi connectivity index (χ3n) is 3.47. The van der Waals surface area contributed by atoms with Crippen molar-refractivity contribution in [3.63, 3.8) is 0 Å². The highest BCUT2D eigenvalue weighted by atomic mass is 79.9. The lowest BCUT2D eigenvalue weighted by Gasteiger charge is -2.15. The molecule has 1 aromatic heterocycles. The predicted octanol–water partition coefficient (Wildman–Crippen LogP) is 2.61. The average molecular weight is 286 g/mol. The van der Waals surface area contributed by atoms with Crippen LogP contribution in [-0.2, 0) is 10.1 Å². The second-order valence-corrected chi connectivity index (χ2v) is 5.33. The first-order valence-corrected chi connectivity index (χ1v) is 7.04. The molecule has 1 saturated heterocycles. The normalized spacial score (nSPS) is 29.9. The Morgan fingerprint density at radius 2 is 2.19 bits per heavy atom. The fourth-order valence-corrected chi connectivity index (χ4v) is 2.76. The first kappa shape index (κ1) is 10.7. The van der Waals surface area contributed by atoms with Gasteiger partial charge in [0, 0.05) is 12.6 Å². The molecule has 0 N–H and O–H groups in total. The Morgan fingerprint density at radius 3 is 2.75 bits per heavy atom.